The van der Waals surface area contributed by atoms with Gasteiger partial charge in [0, 0.05) is 69.0 Å². The van der Waals surface area contributed by atoms with Crippen molar-refractivity contribution in [3.8, 4) is 5.75 Å². The number of nitrogens with one attached hydrogen (secondary N) is 1. The van der Waals surface area contributed by atoms with Crippen LogP contribution in [0.1, 0.15) is 51.2 Å². The zero-order valence-corrected chi connectivity index (χ0v) is 20.9. The average Bonchev–Trinajstić information content (AvgIpc) is 2.77. The molecule has 1 aromatic rings. The summed E-state index contributed by atoms with van der Waals surface area (Å²) in [6.45, 7) is 11.4. The molecule has 8 heteroatoms. The van der Waals surface area contributed by atoms with E-state index in [9.17, 15) is 9.59 Å². The summed E-state index contributed by atoms with van der Waals surface area (Å²) in [5.41, 5.74) is 3.19. The third-order valence-corrected chi connectivity index (χ3v) is 6.25. The van der Waals surface area contributed by atoms with Crippen LogP contribution in [0.15, 0.2) is 12.1 Å². The Morgan fingerprint density at radius 2 is 1.76 bits per heavy atom. The largest absolute Gasteiger partial charge is 0.496 e. The number of ether oxygens (including phenoxy) is 2. The number of carbonyl (C=O) groups is 2. The summed E-state index contributed by atoms with van der Waals surface area (Å²) < 4.78 is 10.9. The normalized spacial score (nSPS) is 16.9. The quantitative estimate of drug-likeness (QED) is 0.631. The van der Waals surface area contributed by atoms with Crippen molar-refractivity contribution in [2.75, 3.05) is 58.3 Å². The molecule has 0 radical (unpaired) electrons. The number of amides is 2. The molecule has 2 aliphatic rings. The van der Waals surface area contributed by atoms with E-state index in [1.807, 2.05) is 25.7 Å². The van der Waals surface area contributed by atoms with Gasteiger partial charge in [-0.1, -0.05) is 0 Å². The van der Waals surface area contributed by atoms with Crippen molar-refractivity contribution >= 4 is 17.7 Å². The van der Waals surface area contributed by atoms with E-state index in [4.69, 9.17) is 9.47 Å². The maximum Gasteiger partial charge on any atom is 0.407 e. The van der Waals surface area contributed by atoms with E-state index >= 15 is 0 Å². The van der Waals surface area contributed by atoms with Crippen LogP contribution in [0, 0.1) is 0 Å². The summed E-state index contributed by atoms with van der Waals surface area (Å²) in [5.74, 6) is 1.09. The fourth-order valence-corrected chi connectivity index (χ4v) is 4.44. The summed E-state index contributed by atoms with van der Waals surface area (Å²) in [7, 11) is 3.87. The molecule has 0 spiro atoms. The number of hydrogen-bond acceptors (Lipinski definition) is 6. The van der Waals surface area contributed by atoms with Gasteiger partial charge in [0.1, 0.15) is 11.4 Å². The molecular weight excluding hydrogens is 420 g/mol. The van der Waals surface area contributed by atoms with E-state index in [1.165, 1.54) is 16.8 Å². The first kappa shape index (κ1) is 25.1. The van der Waals surface area contributed by atoms with Gasteiger partial charge in [0.05, 0.1) is 7.11 Å². The number of rotatable bonds is 7. The van der Waals surface area contributed by atoms with Gasteiger partial charge in [0.15, 0.2) is 0 Å². The molecule has 3 rings (SSSR count). The molecular formula is C25H40N4O4. The average molecular weight is 461 g/mol. The van der Waals surface area contributed by atoms with Crippen molar-refractivity contribution in [2.24, 2.45) is 0 Å². The van der Waals surface area contributed by atoms with Gasteiger partial charge in [-0.3, -0.25) is 4.79 Å². The number of carbonyl (C=O) groups excluding carboxylic acids is 2. The maximum atomic E-state index is 12.9. The number of benzene rings is 1. The lowest BCUT2D eigenvalue weighted by atomic mass is 9.95. The van der Waals surface area contributed by atoms with Crippen LogP contribution in [0.3, 0.4) is 0 Å². The molecule has 0 atom stereocenters. The highest BCUT2D eigenvalue weighted by atomic mass is 16.6. The number of unbranched alkanes of at least 4 members (excludes halogenated alkanes) is 1. The van der Waals surface area contributed by atoms with Gasteiger partial charge in [-0.15, -0.1) is 0 Å². The Kier molecular flexibility index (Phi) is 8.46. The second kappa shape index (κ2) is 11.1. The van der Waals surface area contributed by atoms with Crippen LogP contribution in [0.5, 0.6) is 5.75 Å². The fourth-order valence-electron chi connectivity index (χ4n) is 4.44. The lowest BCUT2D eigenvalue weighted by Crippen LogP contribution is -2.45. The summed E-state index contributed by atoms with van der Waals surface area (Å²) in [5, 5.41) is 2.76. The Balaban J connectivity index is 1.54. The SMILES string of the molecule is COc1ccc(N2CCN(C)CC2)c2c1CCN(C(=O)CCCCNC(=O)OC(C)(C)C)C2. The molecule has 0 aromatic heterocycles. The Hall–Kier alpha value is -2.48. The highest BCUT2D eigenvalue weighted by Crippen LogP contribution is 2.36. The van der Waals surface area contributed by atoms with E-state index in [-0.39, 0.29) is 5.91 Å². The van der Waals surface area contributed by atoms with Crippen molar-refractivity contribution in [3.63, 3.8) is 0 Å². The van der Waals surface area contributed by atoms with Gasteiger partial charge in [0.2, 0.25) is 5.91 Å². The lowest BCUT2D eigenvalue weighted by Gasteiger charge is -2.38. The van der Waals surface area contributed by atoms with Crippen LogP contribution >= 0.6 is 0 Å². The van der Waals surface area contributed by atoms with Crippen molar-refractivity contribution < 1.29 is 19.1 Å². The number of hydrogen-bond donors (Lipinski definition) is 1. The molecule has 1 fully saturated rings. The van der Waals surface area contributed by atoms with Crippen LogP contribution in [-0.4, -0.2) is 80.8 Å². The third-order valence-electron chi connectivity index (χ3n) is 6.25. The van der Waals surface area contributed by atoms with Crippen molar-refractivity contribution in [3.05, 3.63) is 23.3 Å². The Bertz CT molecular complexity index is 828. The fraction of sp³-hybridized carbons (Fsp3) is 0.680. The highest BCUT2D eigenvalue weighted by molar-refractivity contribution is 5.77. The smallest absolute Gasteiger partial charge is 0.407 e. The predicted octanol–water partition coefficient (Wildman–Crippen LogP) is 3.03. The van der Waals surface area contributed by atoms with E-state index < -0.39 is 11.7 Å². The van der Waals surface area contributed by atoms with Crippen molar-refractivity contribution in [1.82, 2.24) is 15.1 Å². The Morgan fingerprint density at radius 3 is 2.42 bits per heavy atom. The maximum absolute atomic E-state index is 12.9. The van der Waals surface area contributed by atoms with E-state index in [0.717, 1.165) is 51.2 Å². The standard InChI is InChI=1S/C25H40N4O4/c1-25(2,3)33-24(31)26-12-7-6-8-23(30)29-13-11-19-20(18-29)21(9-10-22(19)32-5)28-16-14-27(4)15-17-28/h9-10H,6-8,11-18H2,1-5H3,(H,26,31). The minimum atomic E-state index is -0.504. The van der Waals surface area contributed by atoms with Crippen LogP contribution in [-0.2, 0) is 22.5 Å². The Labute approximate surface area is 198 Å². The van der Waals surface area contributed by atoms with Crippen LogP contribution in [0.2, 0.25) is 0 Å². The molecule has 0 aliphatic carbocycles. The van der Waals surface area contributed by atoms with Crippen molar-refractivity contribution in [1.29, 1.82) is 0 Å². The van der Waals surface area contributed by atoms with Crippen molar-refractivity contribution in [2.45, 2.75) is 58.6 Å². The third kappa shape index (κ3) is 7.00. The first-order valence-electron chi connectivity index (χ1n) is 12.0. The molecule has 1 aromatic carbocycles. The zero-order chi connectivity index (χ0) is 24.0. The molecule has 33 heavy (non-hydrogen) atoms. The van der Waals surface area contributed by atoms with Gasteiger partial charge in [-0.05, 0) is 59.2 Å². The minimum absolute atomic E-state index is 0.171. The number of alkyl carbamates (subject to hydrolysis) is 1. The van der Waals surface area contributed by atoms with Gasteiger partial charge < -0.3 is 29.5 Å². The van der Waals surface area contributed by atoms with E-state index in [1.54, 1.807) is 7.11 Å². The summed E-state index contributed by atoms with van der Waals surface area (Å²) in [6, 6.07) is 4.22. The minimum Gasteiger partial charge on any atom is -0.496 e. The number of nitrogens with zero attached hydrogens (tertiary/aromatic N) is 3. The van der Waals surface area contributed by atoms with Gasteiger partial charge in [0.25, 0.3) is 0 Å². The molecule has 2 heterocycles. The van der Waals surface area contributed by atoms with E-state index in [0.29, 0.717) is 26.1 Å². The molecule has 2 aliphatic heterocycles. The highest BCUT2D eigenvalue weighted by Gasteiger charge is 2.27. The van der Waals surface area contributed by atoms with Crippen LogP contribution in [0.25, 0.3) is 0 Å². The summed E-state index contributed by atoms with van der Waals surface area (Å²) in [6.07, 6.45) is 2.37. The zero-order valence-electron chi connectivity index (χ0n) is 20.9. The monoisotopic (exact) mass is 460 g/mol. The van der Waals surface area contributed by atoms with Crippen LogP contribution < -0.4 is 15.0 Å². The molecule has 0 unspecified atom stereocenters. The topological polar surface area (TPSA) is 74.4 Å². The molecule has 2 amide bonds. The molecule has 0 saturated carbocycles. The number of anilines is 1. The van der Waals surface area contributed by atoms with Gasteiger partial charge >= 0.3 is 6.09 Å². The molecule has 1 N–H and O–H groups in total. The van der Waals surface area contributed by atoms with Gasteiger partial charge in [-0.25, -0.2) is 4.79 Å². The number of piperazine rings is 1. The van der Waals surface area contributed by atoms with Crippen LogP contribution in [0.4, 0.5) is 10.5 Å². The number of fused-ring (bicyclic) bond motifs is 1. The number of likely N-dealkylation sites (N-methyl/N-ethyl adjacent to an activating group) is 1. The molecule has 1 saturated heterocycles. The van der Waals surface area contributed by atoms with Gasteiger partial charge in [-0.2, -0.15) is 0 Å². The predicted molar refractivity (Wildman–Crippen MR) is 130 cm³/mol. The second-order valence-corrected chi connectivity index (χ2v) is 9.99. The Morgan fingerprint density at radius 1 is 1.03 bits per heavy atom. The lowest BCUT2D eigenvalue weighted by molar-refractivity contribution is -0.132. The van der Waals surface area contributed by atoms with E-state index in [2.05, 4.69) is 34.3 Å². The first-order valence-corrected chi connectivity index (χ1v) is 12.0. The molecule has 184 valence electrons. The molecule has 0 bridgehead atoms. The summed E-state index contributed by atoms with van der Waals surface area (Å²) >= 11 is 0. The number of methoxy groups -OCH3 is 1. The summed E-state index contributed by atoms with van der Waals surface area (Å²) in [4.78, 5) is 31.4. The first-order chi connectivity index (χ1) is 15.7. The second-order valence-electron chi connectivity index (χ2n) is 9.99. The molecule has 8 nitrogen and oxygen atoms in total.